The molecule has 0 amide bonds. The highest BCUT2D eigenvalue weighted by atomic mass is 16.5. The van der Waals surface area contributed by atoms with Gasteiger partial charge in [-0.3, -0.25) is 0 Å². The molecule has 0 N–H and O–H groups in total. The first kappa shape index (κ1) is 13.1. The fraction of sp³-hybridized carbons (Fsp3) is 0.875. The first-order valence-electron chi connectivity index (χ1n) is 7.22. The summed E-state index contributed by atoms with van der Waals surface area (Å²) < 4.78 is 6.47. The van der Waals surface area contributed by atoms with Gasteiger partial charge in [0, 0.05) is 0 Å². The van der Waals surface area contributed by atoms with E-state index in [0.29, 0.717) is 0 Å². The molecule has 17 heavy (non-hydrogen) atoms. The minimum absolute atomic E-state index is 0.0234. The second-order valence-corrected chi connectivity index (χ2v) is 6.94. The lowest BCUT2D eigenvalue weighted by molar-refractivity contribution is -0.114. The molecule has 1 nitrogen and oxygen atoms in total. The third kappa shape index (κ3) is 2.76. The zero-order valence-corrected chi connectivity index (χ0v) is 12.0. The summed E-state index contributed by atoms with van der Waals surface area (Å²) >= 11 is 0. The molecule has 0 aliphatic heterocycles. The van der Waals surface area contributed by atoms with Crippen molar-refractivity contribution in [3.63, 3.8) is 0 Å². The minimum atomic E-state index is 0.0234. The Morgan fingerprint density at radius 1 is 1.18 bits per heavy atom. The fourth-order valence-electron chi connectivity index (χ4n) is 3.27. The standard InChI is InChI=1S/C16H28O/c1-12(2)16(10-11-16)17-15(4,5)14-8-6-13(3)7-9-14/h13-14H,1,6-11H2,2-5H3. The van der Waals surface area contributed by atoms with Gasteiger partial charge in [0.1, 0.15) is 0 Å². The highest BCUT2D eigenvalue weighted by Gasteiger charge is 2.50. The molecule has 0 aromatic carbocycles. The molecule has 0 unspecified atom stereocenters. The molecule has 0 aromatic heterocycles. The molecule has 0 aromatic rings. The number of hydrogen-bond acceptors (Lipinski definition) is 1. The lowest BCUT2D eigenvalue weighted by Gasteiger charge is -2.41. The summed E-state index contributed by atoms with van der Waals surface area (Å²) in [5.74, 6) is 1.65. The molecule has 0 heterocycles. The summed E-state index contributed by atoms with van der Waals surface area (Å²) in [7, 11) is 0. The summed E-state index contributed by atoms with van der Waals surface area (Å²) in [5.41, 5.74) is 1.28. The van der Waals surface area contributed by atoms with E-state index in [1.807, 2.05) is 0 Å². The third-order valence-electron chi connectivity index (χ3n) is 4.94. The van der Waals surface area contributed by atoms with Gasteiger partial charge < -0.3 is 4.74 Å². The van der Waals surface area contributed by atoms with Gasteiger partial charge in [0.25, 0.3) is 0 Å². The van der Waals surface area contributed by atoms with Gasteiger partial charge in [-0.25, -0.2) is 0 Å². The summed E-state index contributed by atoms with van der Waals surface area (Å²) in [5, 5.41) is 0. The molecule has 2 aliphatic rings. The third-order valence-corrected chi connectivity index (χ3v) is 4.94. The van der Waals surface area contributed by atoms with E-state index in [-0.39, 0.29) is 11.2 Å². The van der Waals surface area contributed by atoms with Crippen molar-refractivity contribution in [2.75, 3.05) is 0 Å². The summed E-state index contributed by atoms with van der Waals surface area (Å²) in [6, 6.07) is 0. The molecule has 0 bridgehead atoms. The molecule has 0 spiro atoms. The average Bonchev–Trinajstić information content (AvgIpc) is 2.99. The molecule has 2 saturated carbocycles. The van der Waals surface area contributed by atoms with Crippen LogP contribution in [0, 0.1) is 11.8 Å². The fourth-order valence-corrected chi connectivity index (χ4v) is 3.27. The van der Waals surface area contributed by atoms with Crippen LogP contribution in [-0.2, 0) is 4.74 Å². The van der Waals surface area contributed by atoms with Crippen LogP contribution in [0.15, 0.2) is 12.2 Å². The van der Waals surface area contributed by atoms with Crippen molar-refractivity contribution in [2.24, 2.45) is 11.8 Å². The number of ether oxygens (including phenoxy) is 1. The Kier molecular flexibility index (Phi) is 3.42. The van der Waals surface area contributed by atoms with Crippen molar-refractivity contribution in [1.82, 2.24) is 0 Å². The van der Waals surface area contributed by atoms with Crippen molar-refractivity contribution in [3.8, 4) is 0 Å². The lowest BCUT2D eigenvalue weighted by atomic mass is 9.75. The molecule has 0 atom stereocenters. The van der Waals surface area contributed by atoms with Crippen LogP contribution in [0.2, 0.25) is 0 Å². The molecule has 2 aliphatic carbocycles. The van der Waals surface area contributed by atoms with Gasteiger partial charge in [-0.2, -0.15) is 0 Å². The van der Waals surface area contributed by atoms with E-state index in [4.69, 9.17) is 4.74 Å². The maximum atomic E-state index is 6.47. The maximum absolute atomic E-state index is 6.47. The largest absolute Gasteiger partial charge is 0.365 e. The van der Waals surface area contributed by atoms with Gasteiger partial charge in [0.2, 0.25) is 0 Å². The van der Waals surface area contributed by atoms with Crippen molar-refractivity contribution in [2.45, 2.75) is 77.4 Å². The van der Waals surface area contributed by atoms with Gasteiger partial charge in [-0.1, -0.05) is 26.3 Å². The Morgan fingerprint density at radius 3 is 2.12 bits per heavy atom. The zero-order chi connectivity index (χ0) is 12.7. The van der Waals surface area contributed by atoms with E-state index in [0.717, 1.165) is 11.8 Å². The summed E-state index contributed by atoms with van der Waals surface area (Å²) in [6.07, 6.45) is 7.76. The quantitative estimate of drug-likeness (QED) is 0.642. The predicted octanol–water partition coefficient (Wildman–Crippen LogP) is 4.72. The Balaban J connectivity index is 1.96. The van der Waals surface area contributed by atoms with Crippen LogP contribution in [0.3, 0.4) is 0 Å². The lowest BCUT2D eigenvalue weighted by Crippen LogP contribution is -2.41. The highest BCUT2D eigenvalue weighted by molar-refractivity contribution is 5.20. The normalized spacial score (nSPS) is 32.2. The van der Waals surface area contributed by atoms with Crippen LogP contribution < -0.4 is 0 Å². The Hall–Kier alpha value is -0.300. The van der Waals surface area contributed by atoms with Gasteiger partial charge in [-0.05, 0) is 63.9 Å². The Morgan fingerprint density at radius 2 is 1.71 bits per heavy atom. The number of rotatable bonds is 4. The van der Waals surface area contributed by atoms with E-state index in [2.05, 4.69) is 34.3 Å². The van der Waals surface area contributed by atoms with Crippen LogP contribution in [0.4, 0.5) is 0 Å². The van der Waals surface area contributed by atoms with Gasteiger partial charge >= 0.3 is 0 Å². The van der Waals surface area contributed by atoms with Crippen molar-refractivity contribution < 1.29 is 4.74 Å². The van der Waals surface area contributed by atoms with Crippen LogP contribution in [0.25, 0.3) is 0 Å². The minimum Gasteiger partial charge on any atom is -0.365 e. The van der Waals surface area contributed by atoms with E-state index < -0.39 is 0 Å². The smallest absolute Gasteiger partial charge is 0.0896 e. The van der Waals surface area contributed by atoms with E-state index in [1.165, 1.54) is 44.1 Å². The second-order valence-electron chi connectivity index (χ2n) is 6.94. The Bertz CT molecular complexity index is 291. The van der Waals surface area contributed by atoms with Crippen molar-refractivity contribution in [3.05, 3.63) is 12.2 Å². The molecular weight excluding hydrogens is 208 g/mol. The Labute approximate surface area is 107 Å². The average molecular weight is 236 g/mol. The first-order valence-corrected chi connectivity index (χ1v) is 7.22. The highest BCUT2D eigenvalue weighted by Crippen LogP contribution is 2.50. The van der Waals surface area contributed by atoms with Crippen LogP contribution in [-0.4, -0.2) is 11.2 Å². The van der Waals surface area contributed by atoms with Gasteiger partial charge in [-0.15, -0.1) is 0 Å². The molecule has 2 rings (SSSR count). The molecule has 1 heteroatoms. The summed E-state index contributed by atoms with van der Waals surface area (Å²) in [4.78, 5) is 0. The zero-order valence-electron chi connectivity index (χ0n) is 12.0. The van der Waals surface area contributed by atoms with Crippen LogP contribution >= 0.6 is 0 Å². The molecule has 2 fully saturated rings. The maximum Gasteiger partial charge on any atom is 0.0896 e. The molecule has 98 valence electrons. The van der Waals surface area contributed by atoms with Crippen molar-refractivity contribution >= 4 is 0 Å². The van der Waals surface area contributed by atoms with Crippen molar-refractivity contribution in [1.29, 1.82) is 0 Å². The second kappa shape index (κ2) is 4.42. The van der Waals surface area contributed by atoms with Gasteiger partial charge in [0.05, 0.1) is 11.2 Å². The topological polar surface area (TPSA) is 9.23 Å². The predicted molar refractivity (Wildman–Crippen MR) is 73.1 cm³/mol. The van der Waals surface area contributed by atoms with Crippen LogP contribution in [0.1, 0.15) is 66.2 Å². The van der Waals surface area contributed by atoms with E-state index in [9.17, 15) is 0 Å². The van der Waals surface area contributed by atoms with E-state index >= 15 is 0 Å². The first-order chi connectivity index (χ1) is 7.86. The molecule has 0 radical (unpaired) electrons. The van der Waals surface area contributed by atoms with E-state index in [1.54, 1.807) is 0 Å². The monoisotopic (exact) mass is 236 g/mol. The number of hydrogen-bond donors (Lipinski definition) is 0. The molecular formula is C16H28O. The van der Waals surface area contributed by atoms with Crippen LogP contribution in [0.5, 0.6) is 0 Å². The van der Waals surface area contributed by atoms with Gasteiger partial charge in [0.15, 0.2) is 0 Å². The molecule has 0 saturated heterocycles. The summed E-state index contributed by atoms with van der Waals surface area (Å²) in [6.45, 7) is 13.2. The SMILES string of the molecule is C=C(C)C1(OC(C)(C)C2CCC(C)CC2)CC1.